The van der Waals surface area contributed by atoms with Crippen LogP contribution in [0.25, 0.3) is 0 Å². The van der Waals surface area contributed by atoms with Gasteiger partial charge in [-0.25, -0.2) is 0 Å². The summed E-state index contributed by atoms with van der Waals surface area (Å²) in [6.45, 7) is 49.8. The molecule has 0 spiro atoms. The first-order valence-corrected chi connectivity index (χ1v) is 31.2. The van der Waals surface area contributed by atoms with Crippen molar-refractivity contribution in [2.24, 2.45) is 5.41 Å². The first-order valence-electron chi connectivity index (χ1n) is 31.2. The van der Waals surface area contributed by atoms with Gasteiger partial charge in [0.15, 0.2) is 0 Å². The highest BCUT2D eigenvalue weighted by Crippen LogP contribution is 2.66. The first-order chi connectivity index (χ1) is 36.7. The monoisotopic (exact) mass is 1050 g/mol. The lowest BCUT2D eigenvalue weighted by Gasteiger charge is -2.49. The zero-order valence-corrected chi connectivity index (χ0v) is 52.7. The zero-order valence-electron chi connectivity index (χ0n) is 52.7. The summed E-state index contributed by atoms with van der Waals surface area (Å²) in [5.41, 5.74) is 32.8. The van der Waals surface area contributed by atoms with Crippen molar-refractivity contribution in [2.75, 3.05) is 9.80 Å². The predicted octanol–water partition coefficient (Wildman–Crippen LogP) is 18.8. The van der Waals surface area contributed by atoms with E-state index in [1.54, 1.807) is 16.7 Å². The van der Waals surface area contributed by atoms with Crippen LogP contribution in [0.4, 0.5) is 34.1 Å². The Morgan fingerprint density at radius 2 is 0.911 bits per heavy atom. The molecule has 7 aliphatic rings. The second kappa shape index (κ2) is 16.6. The molecule has 13 rings (SSSR count). The number of aryl methyl sites for hydroxylation is 3. The molecule has 0 bridgehead atoms. The van der Waals surface area contributed by atoms with Crippen LogP contribution in [0.3, 0.4) is 0 Å². The molecule has 6 aromatic rings. The van der Waals surface area contributed by atoms with Crippen molar-refractivity contribution in [3.63, 3.8) is 0 Å². The van der Waals surface area contributed by atoms with E-state index in [1.807, 2.05) is 0 Å². The lowest BCUT2D eigenvalue weighted by molar-refractivity contribution is 0.0794. The van der Waals surface area contributed by atoms with Crippen LogP contribution in [-0.4, -0.2) is 6.71 Å². The van der Waals surface area contributed by atoms with E-state index in [-0.39, 0.29) is 55.4 Å². The molecule has 3 atom stereocenters. The number of hydrogen-bond acceptors (Lipinski definition) is 2. The normalized spacial score (nSPS) is 25.6. The van der Waals surface area contributed by atoms with Gasteiger partial charge in [-0.05, 0) is 252 Å². The summed E-state index contributed by atoms with van der Waals surface area (Å²) in [5.74, 6) is 0.443. The predicted molar refractivity (Wildman–Crippen MR) is 341 cm³/mol. The Bertz CT molecular complexity index is 3600. The van der Waals surface area contributed by atoms with Gasteiger partial charge in [0.25, 0.3) is 6.71 Å². The van der Waals surface area contributed by atoms with Crippen LogP contribution in [0, 0.1) is 26.2 Å². The van der Waals surface area contributed by atoms with Crippen molar-refractivity contribution < 1.29 is 0 Å². The summed E-state index contributed by atoms with van der Waals surface area (Å²) < 4.78 is 0. The van der Waals surface area contributed by atoms with E-state index in [1.165, 1.54) is 158 Å². The molecule has 6 aromatic carbocycles. The largest absolute Gasteiger partial charge is 0.311 e. The smallest absolute Gasteiger partial charge is 0.252 e. The number of fused-ring (bicyclic) bond motifs is 10. The fourth-order valence-corrected chi connectivity index (χ4v) is 18.4. The van der Waals surface area contributed by atoms with E-state index < -0.39 is 0 Å². The Kier molecular flexibility index (Phi) is 11.2. The van der Waals surface area contributed by atoms with Crippen LogP contribution in [0.5, 0.6) is 0 Å². The molecule has 5 aliphatic carbocycles. The number of hydrogen-bond donors (Lipinski definition) is 0. The molecule has 3 unspecified atom stereocenters. The molecule has 1 fully saturated rings. The molecule has 0 aromatic heterocycles. The van der Waals surface area contributed by atoms with Gasteiger partial charge < -0.3 is 9.80 Å². The van der Waals surface area contributed by atoms with E-state index in [0.717, 1.165) is 12.8 Å². The second-order valence-electron chi connectivity index (χ2n) is 32.8. The van der Waals surface area contributed by atoms with Crippen molar-refractivity contribution in [3.05, 3.63) is 157 Å². The summed E-state index contributed by atoms with van der Waals surface area (Å²) >= 11 is 0. The quantitative estimate of drug-likeness (QED) is 0.162. The van der Waals surface area contributed by atoms with Gasteiger partial charge in [0, 0.05) is 34.1 Å². The fraction of sp³-hybridized carbons (Fsp3) is 0.526. The lowest BCUT2D eigenvalue weighted by atomic mass is 9.33. The maximum atomic E-state index is 2.80. The summed E-state index contributed by atoms with van der Waals surface area (Å²) in [6, 6.07) is 36.8. The van der Waals surface area contributed by atoms with Crippen LogP contribution in [-0.2, 0) is 49.7 Å². The van der Waals surface area contributed by atoms with Crippen molar-refractivity contribution in [3.8, 4) is 0 Å². The molecule has 2 aliphatic heterocycles. The Hall–Kier alpha value is -5.02. The number of benzene rings is 6. The molecule has 3 heteroatoms. The van der Waals surface area contributed by atoms with Crippen LogP contribution >= 0.6 is 0 Å². The molecule has 0 radical (unpaired) electrons. The molecule has 0 amide bonds. The van der Waals surface area contributed by atoms with E-state index in [4.69, 9.17) is 0 Å². The van der Waals surface area contributed by atoms with Gasteiger partial charge in [-0.1, -0.05) is 179 Å². The van der Waals surface area contributed by atoms with E-state index in [9.17, 15) is 0 Å². The van der Waals surface area contributed by atoms with Crippen LogP contribution < -0.4 is 26.2 Å². The van der Waals surface area contributed by atoms with Gasteiger partial charge in [-0.2, -0.15) is 0 Å². The molecular formula is C76H95BN2. The average molecular weight is 1050 g/mol. The van der Waals surface area contributed by atoms with Crippen molar-refractivity contribution >= 4 is 57.2 Å². The van der Waals surface area contributed by atoms with Gasteiger partial charge in [-0.15, -0.1) is 0 Å². The number of rotatable bonds is 4. The molecular weight excluding hydrogens is 952 g/mol. The third-order valence-corrected chi connectivity index (χ3v) is 23.6. The highest BCUT2D eigenvalue weighted by atomic mass is 15.2. The van der Waals surface area contributed by atoms with Gasteiger partial charge in [0.2, 0.25) is 0 Å². The molecule has 0 saturated heterocycles. The minimum atomic E-state index is 0.0588. The lowest BCUT2D eigenvalue weighted by Crippen LogP contribution is -2.62. The Morgan fingerprint density at radius 1 is 0.443 bits per heavy atom. The van der Waals surface area contributed by atoms with Crippen LogP contribution in [0.15, 0.2) is 84.9 Å². The third-order valence-electron chi connectivity index (χ3n) is 23.6. The number of nitrogens with zero attached hydrogens (tertiary/aromatic N) is 2. The Labute approximate surface area is 479 Å². The maximum Gasteiger partial charge on any atom is 0.252 e. The standard InChI is InChI=1S/C76H95BN2/c1-45-33-65-67-66(34-45)79(62-42-58-54(36-47(62)3)73(15,16)44-74(58,17)18)64-43-57-55(70(9,10)30-32-72(57,13)14)40-60(64)77(67)59-26-23-48(38-63(59)78(65)61-41-56-53(35-46(61)2)69(7,8)29-31-71(56,11)12)37-51-50-25-24-49(68(4,5)6)39-52(50)76(20)28-22-21-27-75(51,76)19/h23-26,33-36,38-43,51H,21-22,27-32,37,44H2,1-20H3. The highest BCUT2D eigenvalue weighted by Gasteiger charge is 2.58. The Balaban J connectivity index is 1.09. The van der Waals surface area contributed by atoms with Crippen molar-refractivity contribution in [1.82, 2.24) is 0 Å². The second-order valence-corrected chi connectivity index (χ2v) is 32.8. The molecule has 412 valence electrons. The topological polar surface area (TPSA) is 6.48 Å². The van der Waals surface area contributed by atoms with E-state index in [2.05, 4.69) is 233 Å². The van der Waals surface area contributed by atoms with E-state index >= 15 is 0 Å². The SMILES string of the molecule is Cc1cc2c3c(c1)N(c1cc4c(cc1C)C(C)(C)CC4(C)C)c1cc4c(cc1B3c1ccc(CC3c5ccc(C(C)(C)C)cc5C5(C)CCCCC35C)cc1N2c1cc2c(cc1C)C(C)(C)CCC2(C)C)C(C)(C)CCC4(C)C. The molecule has 2 heterocycles. The third kappa shape index (κ3) is 7.53. The molecule has 79 heavy (non-hydrogen) atoms. The summed E-state index contributed by atoms with van der Waals surface area (Å²) in [5, 5.41) is 0. The average Bonchev–Trinajstić information content (AvgIpc) is 3.60. The van der Waals surface area contributed by atoms with Gasteiger partial charge >= 0.3 is 0 Å². The van der Waals surface area contributed by atoms with Gasteiger partial charge in [0.05, 0.1) is 0 Å². The first kappa shape index (κ1) is 53.3. The number of anilines is 6. The highest BCUT2D eigenvalue weighted by molar-refractivity contribution is 7.00. The minimum absolute atomic E-state index is 0.0588. The van der Waals surface area contributed by atoms with Gasteiger partial charge in [0.1, 0.15) is 0 Å². The molecule has 2 nitrogen and oxygen atoms in total. The summed E-state index contributed by atoms with van der Waals surface area (Å²) in [4.78, 5) is 5.58. The minimum Gasteiger partial charge on any atom is -0.311 e. The Morgan fingerprint density at radius 3 is 1.46 bits per heavy atom. The summed E-state index contributed by atoms with van der Waals surface area (Å²) in [6.07, 6.45) is 12.2. The van der Waals surface area contributed by atoms with E-state index in [0.29, 0.717) is 5.92 Å². The summed E-state index contributed by atoms with van der Waals surface area (Å²) in [7, 11) is 0. The van der Waals surface area contributed by atoms with Crippen molar-refractivity contribution in [1.29, 1.82) is 0 Å². The van der Waals surface area contributed by atoms with Crippen molar-refractivity contribution in [2.45, 2.75) is 252 Å². The maximum absolute atomic E-state index is 2.80. The van der Waals surface area contributed by atoms with Crippen LogP contribution in [0.2, 0.25) is 0 Å². The molecule has 0 N–H and O–H groups in total. The fourth-order valence-electron chi connectivity index (χ4n) is 18.4. The van der Waals surface area contributed by atoms with Crippen LogP contribution in [0.1, 0.15) is 254 Å². The zero-order chi connectivity index (χ0) is 56.5. The molecule has 1 saturated carbocycles. The van der Waals surface area contributed by atoms with Gasteiger partial charge in [-0.3, -0.25) is 0 Å².